The molecule has 0 amide bonds. The zero-order chi connectivity index (χ0) is 25.2. The monoisotopic (exact) mass is 461 g/mol. The second-order valence-corrected chi connectivity index (χ2v) is 10.1. The van der Waals surface area contributed by atoms with Gasteiger partial charge in [-0.1, -0.05) is 52.0 Å². The largest absolute Gasteiger partial charge is 0.487 e. The number of ether oxygens (including phenoxy) is 1. The summed E-state index contributed by atoms with van der Waals surface area (Å²) in [4.78, 5) is 16.6. The average Bonchev–Trinajstić information content (AvgIpc) is 2.75. The van der Waals surface area contributed by atoms with Crippen molar-refractivity contribution >= 4 is 34.0 Å². The van der Waals surface area contributed by atoms with Gasteiger partial charge in [-0.2, -0.15) is 0 Å². The fraction of sp³-hybridized carbons (Fsp3) is 0.393. The minimum absolute atomic E-state index is 0.0241. The van der Waals surface area contributed by atoms with Gasteiger partial charge in [0.1, 0.15) is 11.4 Å². The smallest absolute Gasteiger partial charge is 0.278 e. The Morgan fingerprint density at radius 2 is 1.62 bits per heavy atom. The van der Waals surface area contributed by atoms with E-state index in [0.717, 1.165) is 22.5 Å². The van der Waals surface area contributed by atoms with E-state index in [4.69, 9.17) is 9.73 Å². The molecule has 34 heavy (non-hydrogen) atoms. The lowest BCUT2D eigenvalue weighted by Gasteiger charge is -2.23. The molecule has 3 rings (SSSR count). The summed E-state index contributed by atoms with van der Waals surface area (Å²) in [5.74, 6) is 1.19. The molecule has 3 aromatic carbocycles. The molecule has 1 N–H and O–H groups in total. The SMILES string of the molecule is CNc1c(C=Nc2c(C(C)C)cccc2C(C)C)cc([N+](=O)[O-])c2cccc(OC(C)(C)C)c12. The van der Waals surface area contributed by atoms with Crippen molar-refractivity contribution in [2.75, 3.05) is 12.4 Å². The van der Waals surface area contributed by atoms with E-state index in [1.54, 1.807) is 24.4 Å². The van der Waals surface area contributed by atoms with Gasteiger partial charge in [-0.3, -0.25) is 15.1 Å². The van der Waals surface area contributed by atoms with Crippen LogP contribution in [-0.2, 0) is 0 Å². The first kappa shape index (κ1) is 25.2. The van der Waals surface area contributed by atoms with Gasteiger partial charge in [-0.25, -0.2) is 0 Å². The molecule has 0 aliphatic rings. The van der Waals surface area contributed by atoms with Crippen molar-refractivity contribution in [1.29, 1.82) is 0 Å². The summed E-state index contributed by atoms with van der Waals surface area (Å²) in [7, 11) is 1.81. The van der Waals surface area contributed by atoms with Crippen LogP contribution in [0.25, 0.3) is 10.8 Å². The van der Waals surface area contributed by atoms with Gasteiger partial charge in [0.25, 0.3) is 5.69 Å². The van der Waals surface area contributed by atoms with E-state index in [2.05, 4.69) is 51.2 Å². The van der Waals surface area contributed by atoms with Crippen LogP contribution in [-0.4, -0.2) is 23.8 Å². The number of nitrogens with one attached hydrogen (secondary N) is 1. The molecule has 0 aliphatic carbocycles. The van der Waals surface area contributed by atoms with Gasteiger partial charge in [0.2, 0.25) is 0 Å². The Balaban J connectivity index is 2.32. The molecule has 180 valence electrons. The standard InChI is InChI=1S/C28H35N3O3/c1-17(2)20-11-9-12-21(18(3)4)27(20)30-16-19-15-23(31(32)33)22-13-10-14-24(34-28(5,6)7)25(22)26(19)29-8/h9-18,29H,1-8H3. The first-order valence-corrected chi connectivity index (χ1v) is 11.7. The zero-order valence-electron chi connectivity index (χ0n) is 21.4. The van der Waals surface area contributed by atoms with Gasteiger partial charge in [0, 0.05) is 24.9 Å². The fourth-order valence-corrected chi connectivity index (χ4v) is 4.18. The molecule has 0 aromatic heterocycles. The summed E-state index contributed by atoms with van der Waals surface area (Å²) in [5, 5.41) is 16.5. The first-order valence-electron chi connectivity index (χ1n) is 11.7. The second kappa shape index (κ2) is 9.84. The Labute approximate surface area is 202 Å². The number of rotatable bonds is 7. The van der Waals surface area contributed by atoms with Crippen LogP contribution in [0.5, 0.6) is 5.75 Å². The van der Waals surface area contributed by atoms with E-state index in [-0.39, 0.29) is 10.6 Å². The number of nitro benzene ring substituents is 1. The van der Waals surface area contributed by atoms with Crippen molar-refractivity contribution in [3.05, 3.63) is 69.3 Å². The lowest BCUT2D eigenvalue weighted by molar-refractivity contribution is -0.383. The lowest BCUT2D eigenvalue weighted by Crippen LogP contribution is -2.23. The van der Waals surface area contributed by atoms with Crippen molar-refractivity contribution in [3.8, 4) is 5.75 Å². The maximum Gasteiger partial charge on any atom is 0.278 e. The number of hydrogen-bond acceptors (Lipinski definition) is 5. The van der Waals surface area contributed by atoms with Crippen LogP contribution in [0.15, 0.2) is 47.5 Å². The Bertz CT molecular complexity index is 1210. The summed E-state index contributed by atoms with van der Waals surface area (Å²) in [5.41, 5.74) is 4.19. The van der Waals surface area contributed by atoms with Gasteiger partial charge in [0.15, 0.2) is 0 Å². The van der Waals surface area contributed by atoms with Crippen LogP contribution in [0, 0.1) is 10.1 Å². The Morgan fingerprint density at radius 3 is 2.12 bits per heavy atom. The highest BCUT2D eigenvalue weighted by molar-refractivity contribution is 6.10. The van der Waals surface area contributed by atoms with Gasteiger partial charge < -0.3 is 10.1 Å². The van der Waals surface area contributed by atoms with Crippen LogP contribution in [0.1, 0.15) is 77.0 Å². The maximum absolute atomic E-state index is 12.0. The van der Waals surface area contributed by atoms with Crippen molar-refractivity contribution in [2.24, 2.45) is 4.99 Å². The molecule has 0 aliphatic heterocycles. The number of benzene rings is 3. The molecule has 0 radical (unpaired) electrons. The van der Waals surface area contributed by atoms with E-state index >= 15 is 0 Å². The molecule has 6 nitrogen and oxygen atoms in total. The van der Waals surface area contributed by atoms with E-state index in [0.29, 0.717) is 33.9 Å². The van der Waals surface area contributed by atoms with Crippen LogP contribution in [0.3, 0.4) is 0 Å². The molecule has 0 unspecified atom stereocenters. The van der Waals surface area contributed by atoms with Crippen molar-refractivity contribution < 1.29 is 9.66 Å². The van der Waals surface area contributed by atoms with Crippen LogP contribution in [0.4, 0.5) is 17.1 Å². The maximum atomic E-state index is 12.0. The highest BCUT2D eigenvalue weighted by atomic mass is 16.6. The van der Waals surface area contributed by atoms with Crippen LogP contribution in [0.2, 0.25) is 0 Å². The second-order valence-electron chi connectivity index (χ2n) is 10.1. The van der Waals surface area contributed by atoms with Crippen molar-refractivity contribution in [1.82, 2.24) is 0 Å². The molecule has 0 saturated heterocycles. The number of nitro groups is 1. The van der Waals surface area contributed by atoms with Gasteiger partial charge in [-0.05, 0) is 55.9 Å². The first-order chi connectivity index (χ1) is 15.9. The summed E-state index contributed by atoms with van der Waals surface area (Å²) >= 11 is 0. The number of hydrogen-bond donors (Lipinski definition) is 1. The molecule has 0 saturated carbocycles. The summed E-state index contributed by atoms with van der Waals surface area (Å²) in [6.07, 6.45) is 1.74. The zero-order valence-corrected chi connectivity index (χ0v) is 21.4. The molecule has 0 bridgehead atoms. The van der Waals surface area contributed by atoms with E-state index < -0.39 is 5.60 Å². The van der Waals surface area contributed by atoms with E-state index in [9.17, 15) is 10.1 Å². The molecular formula is C28H35N3O3. The predicted octanol–water partition coefficient (Wildman–Crippen LogP) is 7.96. The van der Waals surface area contributed by atoms with Crippen LogP contribution < -0.4 is 10.1 Å². The fourth-order valence-electron chi connectivity index (χ4n) is 4.18. The number of anilines is 1. The molecular weight excluding hydrogens is 426 g/mol. The summed E-state index contributed by atoms with van der Waals surface area (Å²) in [6, 6.07) is 13.3. The van der Waals surface area contributed by atoms with Gasteiger partial charge >= 0.3 is 0 Å². The molecule has 0 heterocycles. The summed E-state index contributed by atoms with van der Waals surface area (Å²) < 4.78 is 6.20. The number of aliphatic imine (C=N–C) groups is 1. The Morgan fingerprint density at radius 1 is 1.03 bits per heavy atom. The number of non-ortho nitro benzene ring substituents is 1. The normalized spacial score (nSPS) is 12.2. The summed E-state index contributed by atoms with van der Waals surface area (Å²) in [6.45, 7) is 14.5. The van der Waals surface area contributed by atoms with E-state index in [1.165, 1.54) is 0 Å². The third-order valence-electron chi connectivity index (χ3n) is 5.67. The third kappa shape index (κ3) is 5.22. The quantitative estimate of drug-likeness (QED) is 0.220. The molecule has 0 atom stereocenters. The lowest BCUT2D eigenvalue weighted by atomic mass is 9.93. The van der Waals surface area contributed by atoms with Crippen molar-refractivity contribution in [2.45, 2.75) is 65.9 Å². The predicted molar refractivity (Wildman–Crippen MR) is 142 cm³/mol. The number of fused-ring (bicyclic) bond motifs is 1. The highest BCUT2D eigenvalue weighted by Crippen LogP contribution is 2.41. The Kier molecular flexibility index (Phi) is 7.29. The highest BCUT2D eigenvalue weighted by Gasteiger charge is 2.23. The van der Waals surface area contributed by atoms with Crippen LogP contribution >= 0.6 is 0 Å². The molecule has 0 fully saturated rings. The van der Waals surface area contributed by atoms with Gasteiger partial charge in [0.05, 0.1) is 27.1 Å². The van der Waals surface area contributed by atoms with Gasteiger partial charge in [-0.15, -0.1) is 0 Å². The molecule has 6 heteroatoms. The number of nitrogens with zero attached hydrogens (tertiary/aromatic N) is 2. The van der Waals surface area contributed by atoms with Crippen molar-refractivity contribution in [3.63, 3.8) is 0 Å². The number of para-hydroxylation sites is 1. The Hall–Kier alpha value is -3.41. The third-order valence-corrected chi connectivity index (χ3v) is 5.67. The minimum atomic E-state index is -0.458. The molecule has 0 spiro atoms. The topological polar surface area (TPSA) is 76.8 Å². The minimum Gasteiger partial charge on any atom is -0.487 e. The van der Waals surface area contributed by atoms with E-state index in [1.807, 2.05) is 33.9 Å². The average molecular weight is 462 g/mol. The molecule has 3 aromatic rings.